The molecule has 0 radical (unpaired) electrons. The number of benzene rings is 1. The lowest BCUT2D eigenvalue weighted by Crippen LogP contribution is -2.64. The molecule has 1 heterocycles. The fraction of sp³-hybridized carbons (Fsp3) is 0.696. The summed E-state index contributed by atoms with van der Waals surface area (Å²) in [6, 6.07) is 7.91. The number of rotatable bonds is 5. The van der Waals surface area contributed by atoms with Gasteiger partial charge in [-0.1, -0.05) is 26.0 Å². The summed E-state index contributed by atoms with van der Waals surface area (Å²) >= 11 is 0. The van der Waals surface area contributed by atoms with Crippen LogP contribution < -0.4 is 4.74 Å². The summed E-state index contributed by atoms with van der Waals surface area (Å²) in [5.41, 5.74) is 0.393. The van der Waals surface area contributed by atoms with Gasteiger partial charge in [-0.05, 0) is 49.3 Å². The van der Waals surface area contributed by atoms with Crippen LogP contribution in [-0.2, 0) is 25.6 Å². The maximum absolute atomic E-state index is 12.4. The molecule has 1 saturated heterocycles. The van der Waals surface area contributed by atoms with Crippen molar-refractivity contribution in [2.75, 3.05) is 20.3 Å². The van der Waals surface area contributed by atoms with Gasteiger partial charge in [-0.3, -0.25) is 0 Å². The van der Waals surface area contributed by atoms with Crippen molar-refractivity contribution in [2.45, 2.75) is 64.4 Å². The third-order valence-electron chi connectivity index (χ3n) is 7.63. The van der Waals surface area contributed by atoms with Crippen molar-refractivity contribution in [1.82, 2.24) is 0 Å². The van der Waals surface area contributed by atoms with Crippen molar-refractivity contribution in [1.29, 1.82) is 0 Å². The van der Waals surface area contributed by atoms with Gasteiger partial charge < -0.3 is 23.7 Å². The maximum atomic E-state index is 12.4. The number of fused-ring (bicyclic) bond motifs is 2. The van der Waals surface area contributed by atoms with E-state index >= 15 is 0 Å². The Hall–Kier alpha value is -1.43. The van der Waals surface area contributed by atoms with Gasteiger partial charge in [-0.15, -0.1) is 0 Å². The first-order valence-electron chi connectivity index (χ1n) is 10.5. The Morgan fingerprint density at radius 3 is 2.46 bits per heavy atom. The molecule has 1 aromatic carbocycles. The minimum absolute atomic E-state index is 0.0956. The molecule has 1 aliphatic heterocycles. The Morgan fingerprint density at radius 1 is 1.11 bits per heavy atom. The second-order valence-electron chi connectivity index (χ2n) is 8.98. The first-order chi connectivity index (χ1) is 13.5. The van der Waals surface area contributed by atoms with Gasteiger partial charge in [-0.2, -0.15) is 0 Å². The standard InChI is InChI=1S/C23H32O5/c1-21(16-24)19-5-4-11-23(27-13-14-28-23)22(19,2)12-10-20(21)26-15-17-6-8-18(25-3)9-7-17/h6-9,16,19-20H,4-5,10-15H2,1-3H3/t19-,20-,21-,22-/m0/s1. The van der Waals surface area contributed by atoms with E-state index in [0.717, 1.165) is 49.7 Å². The summed E-state index contributed by atoms with van der Waals surface area (Å²) in [5, 5.41) is 0. The van der Waals surface area contributed by atoms with Gasteiger partial charge in [0.1, 0.15) is 12.0 Å². The Bertz CT molecular complexity index is 695. The van der Waals surface area contributed by atoms with Crippen molar-refractivity contribution in [3.8, 4) is 5.75 Å². The second kappa shape index (κ2) is 7.43. The van der Waals surface area contributed by atoms with Gasteiger partial charge in [0.05, 0.1) is 38.4 Å². The SMILES string of the molecule is COc1ccc(CO[C@H]2CC[C@@]3(C)[C@@H](CCCC34OCCO4)[C@]2(C)C=O)cc1. The first-order valence-corrected chi connectivity index (χ1v) is 10.5. The summed E-state index contributed by atoms with van der Waals surface area (Å²) in [4.78, 5) is 12.4. The molecule has 1 aromatic rings. The second-order valence-corrected chi connectivity index (χ2v) is 8.98. The summed E-state index contributed by atoms with van der Waals surface area (Å²) in [7, 11) is 1.66. The molecule has 2 saturated carbocycles. The quantitative estimate of drug-likeness (QED) is 0.710. The van der Waals surface area contributed by atoms with Crippen LogP contribution in [-0.4, -0.2) is 38.5 Å². The number of aldehydes is 1. The van der Waals surface area contributed by atoms with Crippen molar-refractivity contribution in [2.24, 2.45) is 16.7 Å². The van der Waals surface area contributed by atoms with E-state index in [-0.39, 0.29) is 17.4 Å². The molecule has 5 heteroatoms. The van der Waals surface area contributed by atoms with Crippen LogP contribution in [0, 0.1) is 16.7 Å². The molecule has 0 amide bonds. The maximum Gasteiger partial charge on any atom is 0.174 e. The largest absolute Gasteiger partial charge is 0.497 e. The smallest absolute Gasteiger partial charge is 0.174 e. The number of ether oxygens (including phenoxy) is 4. The molecule has 0 bridgehead atoms. The van der Waals surface area contributed by atoms with E-state index in [1.807, 2.05) is 24.3 Å². The molecule has 3 fully saturated rings. The van der Waals surface area contributed by atoms with Crippen molar-refractivity contribution in [3.05, 3.63) is 29.8 Å². The lowest BCUT2D eigenvalue weighted by atomic mass is 9.48. The normalized spacial score (nSPS) is 36.8. The van der Waals surface area contributed by atoms with E-state index in [2.05, 4.69) is 13.8 Å². The molecule has 2 aliphatic carbocycles. The zero-order chi connectivity index (χ0) is 19.8. The van der Waals surface area contributed by atoms with Crippen LogP contribution in [0.25, 0.3) is 0 Å². The molecular weight excluding hydrogens is 356 g/mol. The third kappa shape index (κ3) is 2.99. The molecule has 4 rings (SSSR count). The van der Waals surface area contributed by atoms with E-state index < -0.39 is 11.2 Å². The number of carbonyl (C=O) groups is 1. The molecule has 5 nitrogen and oxygen atoms in total. The van der Waals surface area contributed by atoms with E-state index in [1.165, 1.54) is 0 Å². The van der Waals surface area contributed by atoms with Crippen LogP contribution in [0.15, 0.2) is 24.3 Å². The monoisotopic (exact) mass is 388 g/mol. The van der Waals surface area contributed by atoms with Crippen LogP contribution in [0.4, 0.5) is 0 Å². The predicted octanol–water partition coefficient (Wildman–Crippen LogP) is 4.13. The van der Waals surface area contributed by atoms with Gasteiger partial charge in [0.15, 0.2) is 5.79 Å². The van der Waals surface area contributed by atoms with Gasteiger partial charge in [0.2, 0.25) is 0 Å². The van der Waals surface area contributed by atoms with Gasteiger partial charge in [0, 0.05) is 11.8 Å². The molecule has 1 spiro atoms. The third-order valence-corrected chi connectivity index (χ3v) is 7.63. The van der Waals surface area contributed by atoms with Crippen LogP contribution in [0.5, 0.6) is 5.75 Å². The highest BCUT2D eigenvalue weighted by atomic mass is 16.7. The van der Waals surface area contributed by atoms with Crippen molar-refractivity contribution >= 4 is 6.29 Å². The number of methoxy groups -OCH3 is 1. The molecule has 28 heavy (non-hydrogen) atoms. The molecule has 0 aromatic heterocycles. The predicted molar refractivity (Wildman–Crippen MR) is 105 cm³/mol. The van der Waals surface area contributed by atoms with Gasteiger partial charge in [0.25, 0.3) is 0 Å². The molecule has 154 valence electrons. The number of hydrogen-bond acceptors (Lipinski definition) is 5. The zero-order valence-electron chi connectivity index (χ0n) is 17.2. The highest BCUT2D eigenvalue weighted by Gasteiger charge is 2.65. The molecule has 4 atom stereocenters. The molecule has 0 N–H and O–H groups in total. The number of hydrogen-bond donors (Lipinski definition) is 0. The summed E-state index contributed by atoms with van der Waals surface area (Å²) in [5.74, 6) is 0.499. The molecule has 3 aliphatic rings. The van der Waals surface area contributed by atoms with E-state index in [4.69, 9.17) is 18.9 Å². The lowest BCUT2D eigenvalue weighted by molar-refractivity contribution is -0.299. The van der Waals surface area contributed by atoms with E-state index in [9.17, 15) is 4.79 Å². The van der Waals surface area contributed by atoms with Gasteiger partial charge in [-0.25, -0.2) is 0 Å². The minimum atomic E-state index is -0.539. The summed E-state index contributed by atoms with van der Waals surface area (Å²) in [6.07, 6.45) is 5.80. The van der Waals surface area contributed by atoms with Crippen LogP contribution in [0.2, 0.25) is 0 Å². The van der Waals surface area contributed by atoms with Crippen LogP contribution in [0.3, 0.4) is 0 Å². The fourth-order valence-electron chi connectivity index (χ4n) is 6.01. The summed E-state index contributed by atoms with van der Waals surface area (Å²) < 4.78 is 23.9. The molecule has 0 unspecified atom stereocenters. The first kappa shape index (κ1) is 19.9. The average Bonchev–Trinajstić information content (AvgIpc) is 3.20. The fourth-order valence-corrected chi connectivity index (χ4v) is 6.01. The zero-order valence-corrected chi connectivity index (χ0v) is 17.2. The van der Waals surface area contributed by atoms with Crippen LogP contribution in [0.1, 0.15) is 51.5 Å². The topological polar surface area (TPSA) is 54.0 Å². The molecular formula is C23H32O5. The Morgan fingerprint density at radius 2 is 1.82 bits per heavy atom. The minimum Gasteiger partial charge on any atom is -0.497 e. The Balaban J connectivity index is 1.53. The van der Waals surface area contributed by atoms with E-state index in [0.29, 0.717) is 19.8 Å². The average molecular weight is 389 g/mol. The Labute approximate surface area is 167 Å². The van der Waals surface area contributed by atoms with Crippen molar-refractivity contribution in [3.63, 3.8) is 0 Å². The summed E-state index contributed by atoms with van der Waals surface area (Å²) in [6.45, 7) is 6.15. The van der Waals surface area contributed by atoms with Crippen molar-refractivity contribution < 1.29 is 23.7 Å². The van der Waals surface area contributed by atoms with E-state index in [1.54, 1.807) is 7.11 Å². The highest BCUT2D eigenvalue weighted by molar-refractivity contribution is 5.61. The van der Waals surface area contributed by atoms with Gasteiger partial charge >= 0.3 is 0 Å². The lowest BCUT2D eigenvalue weighted by Gasteiger charge is -2.61. The Kier molecular flexibility index (Phi) is 5.27. The highest BCUT2D eigenvalue weighted by Crippen LogP contribution is 2.63. The van der Waals surface area contributed by atoms with Crippen LogP contribution >= 0.6 is 0 Å². The number of carbonyl (C=O) groups excluding carboxylic acids is 1.